The van der Waals surface area contributed by atoms with E-state index in [4.69, 9.17) is 10.5 Å². The summed E-state index contributed by atoms with van der Waals surface area (Å²) in [4.78, 5) is 14.1. The van der Waals surface area contributed by atoms with Gasteiger partial charge in [0.1, 0.15) is 0 Å². The van der Waals surface area contributed by atoms with Crippen molar-refractivity contribution in [1.29, 1.82) is 0 Å². The molecule has 1 fully saturated rings. The zero-order valence-electron chi connectivity index (χ0n) is 12.7. The third kappa shape index (κ3) is 5.46. The van der Waals surface area contributed by atoms with Crippen molar-refractivity contribution in [2.75, 3.05) is 32.1 Å². The van der Waals surface area contributed by atoms with E-state index in [1.165, 1.54) is 6.42 Å². The molecular weight excluding hydrogens is 266 g/mol. The Balaban J connectivity index is 1.77. The van der Waals surface area contributed by atoms with Gasteiger partial charge in [-0.1, -0.05) is 12.1 Å². The fraction of sp³-hybridized carbons (Fsp3) is 0.562. The van der Waals surface area contributed by atoms with Crippen LogP contribution in [0.25, 0.3) is 0 Å². The maximum absolute atomic E-state index is 12.0. The van der Waals surface area contributed by atoms with E-state index in [0.717, 1.165) is 37.2 Å². The summed E-state index contributed by atoms with van der Waals surface area (Å²) in [6.07, 6.45) is 3.72. The van der Waals surface area contributed by atoms with Gasteiger partial charge in [0.15, 0.2) is 0 Å². The maximum atomic E-state index is 12.0. The Bertz CT molecular complexity index is 459. The van der Waals surface area contributed by atoms with Crippen molar-refractivity contribution in [3.05, 3.63) is 29.8 Å². The number of hydrogen-bond donors (Lipinski definition) is 2. The number of hydrogen-bond acceptors (Lipinski definition) is 4. The van der Waals surface area contributed by atoms with Crippen LogP contribution in [-0.2, 0) is 16.1 Å². The van der Waals surface area contributed by atoms with E-state index in [0.29, 0.717) is 13.1 Å². The molecule has 0 radical (unpaired) electrons. The van der Waals surface area contributed by atoms with Crippen molar-refractivity contribution >= 4 is 11.6 Å². The Kier molecular flexibility index (Phi) is 6.17. The lowest BCUT2D eigenvalue weighted by Crippen LogP contribution is -2.37. The molecule has 2 rings (SSSR count). The molecule has 1 aromatic rings. The zero-order valence-corrected chi connectivity index (χ0v) is 12.7. The number of carbonyl (C=O) groups excluding carboxylic acids is 1. The Labute approximate surface area is 126 Å². The molecule has 1 heterocycles. The van der Waals surface area contributed by atoms with Gasteiger partial charge in [0, 0.05) is 25.4 Å². The molecule has 0 bridgehead atoms. The Hall–Kier alpha value is -1.43. The van der Waals surface area contributed by atoms with Crippen molar-refractivity contribution in [2.45, 2.75) is 31.9 Å². The van der Waals surface area contributed by atoms with Crippen LogP contribution in [0.5, 0.6) is 0 Å². The molecule has 0 aromatic heterocycles. The quantitative estimate of drug-likeness (QED) is 0.835. The molecule has 21 heavy (non-hydrogen) atoms. The van der Waals surface area contributed by atoms with E-state index in [1.807, 2.05) is 36.2 Å². The monoisotopic (exact) mass is 291 g/mol. The minimum Gasteiger partial charge on any atom is -0.377 e. The Morgan fingerprint density at radius 3 is 3.05 bits per heavy atom. The first kappa shape index (κ1) is 15.9. The molecule has 1 aliphatic rings. The molecule has 1 unspecified atom stereocenters. The first-order valence-corrected chi connectivity index (χ1v) is 7.56. The summed E-state index contributed by atoms with van der Waals surface area (Å²) in [6, 6.07) is 7.63. The van der Waals surface area contributed by atoms with Crippen LogP contribution in [-0.4, -0.2) is 43.7 Å². The van der Waals surface area contributed by atoms with Gasteiger partial charge in [-0.2, -0.15) is 0 Å². The first-order valence-electron chi connectivity index (χ1n) is 7.56. The zero-order chi connectivity index (χ0) is 15.1. The number of amides is 1. The topological polar surface area (TPSA) is 67.6 Å². The van der Waals surface area contributed by atoms with Crippen LogP contribution in [0.4, 0.5) is 5.69 Å². The molecule has 5 heteroatoms. The summed E-state index contributed by atoms with van der Waals surface area (Å²) >= 11 is 0. The van der Waals surface area contributed by atoms with E-state index >= 15 is 0 Å². The van der Waals surface area contributed by atoms with Gasteiger partial charge in [-0.25, -0.2) is 0 Å². The minimum absolute atomic E-state index is 0.0116. The normalized spacial score (nSPS) is 18.7. The lowest BCUT2D eigenvalue weighted by atomic mass is 10.1. The third-order valence-electron chi connectivity index (χ3n) is 3.65. The predicted octanol–water partition coefficient (Wildman–Crippen LogP) is 1.58. The third-order valence-corrected chi connectivity index (χ3v) is 3.65. The fourth-order valence-corrected chi connectivity index (χ4v) is 2.59. The van der Waals surface area contributed by atoms with E-state index in [-0.39, 0.29) is 12.0 Å². The Morgan fingerprint density at radius 2 is 2.33 bits per heavy atom. The van der Waals surface area contributed by atoms with Crippen molar-refractivity contribution < 1.29 is 9.53 Å². The van der Waals surface area contributed by atoms with Gasteiger partial charge < -0.3 is 15.8 Å². The highest BCUT2D eigenvalue weighted by Gasteiger charge is 2.17. The number of nitrogens with two attached hydrogens (primary N) is 1. The average molecular weight is 291 g/mol. The van der Waals surface area contributed by atoms with E-state index in [2.05, 4.69) is 5.32 Å². The highest BCUT2D eigenvalue weighted by molar-refractivity contribution is 5.92. The molecule has 1 atom stereocenters. The van der Waals surface area contributed by atoms with Gasteiger partial charge in [0.25, 0.3) is 0 Å². The van der Waals surface area contributed by atoms with Crippen molar-refractivity contribution in [3.63, 3.8) is 0 Å². The molecule has 1 aliphatic heterocycles. The van der Waals surface area contributed by atoms with Crippen LogP contribution < -0.4 is 11.1 Å². The maximum Gasteiger partial charge on any atom is 0.238 e. The smallest absolute Gasteiger partial charge is 0.238 e. The van der Waals surface area contributed by atoms with E-state index < -0.39 is 0 Å². The Morgan fingerprint density at radius 1 is 1.48 bits per heavy atom. The van der Waals surface area contributed by atoms with Crippen LogP contribution in [0.2, 0.25) is 0 Å². The summed E-state index contributed by atoms with van der Waals surface area (Å²) in [6.45, 7) is 2.49. The number of nitrogens with one attached hydrogen (secondary N) is 1. The van der Waals surface area contributed by atoms with Gasteiger partial charge in [0.2, 0.25) is 5.91 Å². The second-order valence-electron chi connectivity index (χ2n) is 5.64. The number of likely N-dealkylation sites (N-methyl/N-ethyl adjacent to an activating group) is 1. The van der Waals surface area contributed by atoms with Gasteiger partial charge in [0.05, 0.1) is 12.6 Å². The number of carbonyl (C=O) groups is 1. The van der Waals surface area contributed by atoms with Crippen LogP contribution in [0.1, 0.15) is 24.8 Å². The van der Waals surface area contributed by atoms with Crippen LogP contribution in [0, 0.1) is 0 Å². The van der Waals surface area contributed by atoms with Gasteiger partial charge in [-0.05, 0) is 44.0 Å². The van der Waals surface area contributed by atoms with Gasteiger partial charge in [-0.15, -0.1) is 0 Å². The fourth-order valence-electron chi connectivity index (χ4n) is 2.59. The van der Waals surface area contributed by atoms with E-state index in [1.54, 1.807) is 0 Å². The molecular formula is C16H25N3O2. The number of ether oxygens (including phenoxy) is 1. The standard InChI is InChI=1S/C16H25N3O2/c1-19(11-15-7-2-3-8-21-15)12-16(20)18-14-6-4-5-13(9-14)10-17/h4-6,9,15H,2-3,7-8,10-12,17H2,1H3,(H,18,20). The van der Waals surface area contributed by atoms with Crippen molar-refractivity contribution in [3.8, 4) is 0 Å². The lowest BCUT2D eigenvalue weighted by molar-refractivity contribution is -0.117. The van der Waals surface area contributed by atoms with Crippen molar-refractivity contribution in [2.24, 2.45) is 5.73 Å². The van der Waals surface area contributed by atoms with Gasteiger partial charge in [-0.3, -0.25) is 9.69 Å². The second-order valence-corrected chi connectivity index (χ2v) is 5.64. The molecule has 0 spiro atoms. The SMILES string of the molecule is CN(CC(=O)Nc1cccc(CN)c1)CC1CCCCO1. The number of rotatable bonds is 6. The molecule has 1 saturated heterocycles. The molecule has 0 saturated carbocycles. The van der Waals surface area contributed by atoms with Crippen LogP contribution in [0.3, 0.4) is 0 Å². The molecule has 1 amide bonds. The van der Waals surface area contributed by atoms with Crippen molar-refractivity contribution in [1.82, 2.24) is 4.90 Å². The number of nitrogens with zero attached hydrogens (tertiary/aromatic N) is 1. The van der Waals surface area contributed by atoms with Crippen LogP contribution >= 0.6 is 0 Å². The van der Waals surface area contributed by atoms with Gasteiger partial charge >= 0.3 is 0 Å². The molecule has 116 valence electrons. The molecule has 5 nitrogen and oxygen atoms in total. The lowest BCUT2D eigenvalue weighted by Gasteiger charge is -2.27. The van der Waals surface area contributed by atoms with Crippen LogP contribution in [0.15, 0.2) is 24.3 Å². The average Bonchev–Trinajstić information content (AvgIpc) is 2.48. The summed E-state index contributed by atoms with van der Waals surface area (Å²) in [5.41, 5.74) is 7.41. The molecule has 3 N–H and O–H groups in total. The predicted molar refractivity (Wildman–Crippen MR) is 84.1 cm³/mol. The summed E-state index contributed by atoms with van der Waals surface area (Å²) in [5, 5.41) is 2.91. The number of anilines is 1. The first-order chi connectivity index (χ1) is 10.2. The highest BCUT2D eigenvalue weighted by Crippen LogP contribution is 2.13. The highest BCUT2D eigenvalue weighted by atomic mass is 16.5. The molecule has 0 aliphatic carbocycles. The summed E-state index contributed by atoms with van der Waals surface area (Å²) in [7, 11) is 1.95. The minimum atomic E-state index is -0.0116. The summed E-state index contributed by atoms with van der Waals surface area (Å²) < 4.78 is 5.69. The largest absolute Gasteiger partial charge is 0.377 e. The number of benzene rings is 1. The summed E-state index contributed by atoms with van der Waals surface area (Å²) in [5.74, 6) is -0.0116. The molecule has 1 aromatic carbocycles. The second kappa shape index (κ2) is 8.12. The van der Waals surface area contributed by atoms with E-state index in [9.17, 15) is 4.79 Å².